The number of aromatic hydroxyl groups is 2. The maximum absolute atomic E-state index is 12.7. The fourth-order valence-electron chi connectivity index (χ4n) is 3.96. The van der Waals surface area contributed by atoms with E-state index in [4.69, 9.17) is 0 Å². The summed E-state index contributed by atoms with van der Waals surface area (Å²) in [6, 6.07) is 38.1. The third kappa shape index (κ3) is 5.09. The molecule has 0 aliphatic rings. The van der Waals surface area contributed by atoms with Gasteiger partial charge < -0.3 is 10.2 Å². The molecule has 37 heavy (non-hydrogen) atoms. The monoisotopic (exact) mass is 485 g/mol. The zero-order valence-corrected chi connectivity index (χ0v) is 19.8. The SMILES string of the molecule is O=C(c1ccccc1)c1ccccc1-c1ccccc1O.Oc1ccccc1-n1nc2ccccc2n1. The zero-order chi connectivity index (χ0) is 25.6. The molecule has 0 atom stereocenters. The number of aromatic nitrogens is 3. The minimum atomic E-state index is -0.0468. The first-order valence-corrected chi connectivity index (χ1v) is 11.7. The second kappa shape index (κ2) is 10.6. The highest BCUT2D eigenvalue weighted by molar-refractivity contribution is 6.13. The van der Waals surface area contributed by atoms with Crippen molar-refractivity contribution in [3.63, 3.8) is 0 Å². The van der Waals surface area contributed by atoms with E-state index in [1.807, 2.05) is 78.9 Å². The smallest absolute Gasteiger partial charge is 0.193 e. The highest BCUT2D eigenvalue weighted by atomic mass is 16.3. The normalized spacial score (nSPS) is 10.5. The Morgan fingerprint density at radius 3 is 1.70 bits per heavy atom. The van der Waals surface area contributed by atoms with Crippen LogP contribution >= 0.6 is 0 Å². The fourth-order valence-corrected chi connectivity index (χ4v) is 3.96. The Balaban J connectivity index is 0.000000157. The average molecular weight is 486 g/mol. The van der Waals surface area contributed by atoms with E-state index in [-0.39, 0.29) is 17.3 Å². The van der Waals surface area contributed by atoms with Crippen LogP contribution in [0.4, 0.5) is 0 Å². The summed E-state index contributed by atoms with van der Waals surface area (Å²) in [6.07, 6.45) is 0. The van der Waals surface area contributed by atoms with Crippen LogP contribution in [0.25, 0.3) is 27.8 Å². The topological polar surface area (TPSA) is 88.2 Å². The number of para-hydroxylation sites is 3. The number of phenolic OH excluding ortho intramolecular Hbond substituents is 2. The quantitative estimate of drug-likeness (QED) is 0.282. The molecule has 6 aromatic rings. The van der Waals surface area contributed by atoms with Crippen LogP contribution in [0.5, 0.6) is 11.5 Å². The molecule has 1 aromatic heterocycles. The van der Waals surface area contributed by atoms with Crippen molar-refractivity contribution in [1.29, 1.82) is 0 Å². The van der Waals surface area contributed by atoms with Gasteiger partial charge in [-0.15, -0.1) is 15.0 Å². The highest BCUT2D eigenvalue weighted by Gasteiger charge is 2.15. The number of hydrogen-bond acceptors (Lipinski definition) is 5. The van der Waals surface area contributed by atoms with E-state index in [1.54, 1.807) is 48.5 Å². The third-order valence-electron chi connectivity index (χ3n) is 5.79. The summed E-state index contributed by atoms with van der Waals surface area (Å²) in [5, 5.41) is 28.3. The summed E-state index contributed by atoms with van der Waals surface area (Å²) < 4.78 is 0. The first-order chi connectivity index (χ1) is 18.1. The predicted octanol–water partition coefficient (Wildman–Crippen LogP) is 6.42. The molecule has 6 heteroatoms. The van der Waals surface area contributed by atoms with Crippen molar-refractivity contribution < 1.29 is 15.0 Å². The van der Waals surface area contributed by atoms with Crippen LogP contribution in [0.15, 0.2) is 127 Å². The lowest BCUT2D eigenvalue weighted by molar-refractivity contribution is 0.103. The van der Waals surface area contributed by atoms with Crippen molar-refractivity contribution in [3.8, 4) is 28.3 Å². The van der Waals surface area contributed by atoms with E-state index in [9.17, 15) is 15.0 Å². The average Bonchev–Trinajstić information content (AvgIpc) is 3.38. The van der Waals surface area contributed by atoms with Gasteiger partial charge in [0.15, 0.2) is 5.78 Å². The predicted molar refractivity (Wildman–Crippen MR) is 144 cm³/mol. The van der Waals surface area contributed by atoms with Gasteiger partial charge in [0.2, 0.25) is 0 Å². The number of hydrogen-bond donors (Lipinski definition) is 2. The minimum Gasteiger partial charge on any atom is -0.507 e. The Morgan fingerprint density at radius 1 is 0.541 bits per heavy atom. The van der Waals surface area contributed by atoms with Crippen molar-refractivity contribution in [1.82, 2.24) is 15.0 Å². The summed E-state index contributed by atoms with van der Waals surface area (Å²) in [5.74, 6) is 0.295. The molecule has 0 spiro atoms. The fraction of sp³-hybridized carbons (Fsp3) is 0. The van der Waals surface area contributed by atoms with E-state index in [0.29, 0.717) is 22.4 Å². The minimum absolute atomic E-state index is 0.0468. The van der Waals surface area contributed by atoms with Crippen molar-refractivity contribution >= 4 is 16.8 Å². The first-order valence-electron chi connectivity index (χ1n) is 11.7. The van der Waals surface area contributed by atoms with E-state index in [0.717, 1.165) is 16.6 Å². The zero-order valence-electron chi connectivity index (χ0n) is 19.8. The summed E-state index contributed by atoms with van der Waals surface area (Å²) in [6.45, 7) is 0. The van der Waals surface area contributed by atoms with Gasteiger partial charge in [0.05, 0.1) is 0 Å². The largest absolute Gasteiger partial charge is 0.507 e. The van der Waals surface area contributed by atoms with Crippen molar-refractivity contribution in [2.45, 2.75) is 0 Å². The van der Waals surface area contributed by atoms with Crippen LogP contribution in [0.2, 0.25) is 0 Å². The number of phenols is 2. The molecule has 0 amide bonds. The number of nitrogens with zero attached hydrogens (tertiary/aromatic N) is 3. The Bertz CT molecular complexity index is 1640. The molecule has 6 nitrogen and oxygen atoms in total. The van der Waals surface area contributed by atoms with Crippen LogP contribution in [0.3, 0.4) is 0 Å². The van der Waals surface area contributed by atoms with Gasteiger partial charge >= 0.3 is 0 Å². The molecule has 0 saturated heterocycles. The highest BCUT2D eigenvalue weighted by Crippen LogP contribution is 2.32. The Labute approximate surface area is 213 Å². The second-order valence-corrected chi connectivity index (χ2v) is 8.22. The maximum atomic E-state index is 12.7. The van der Waals surface area contributed by atoms with E-state index in [1.165, 1.54) is 4.80 Å². The van der Waals surface area contributed by atoms with E-state index in [2.05, 4.69) is 10.2 Å². The van der Waals surface area contributed by atoms with Crippen molar-refractivity contribution in [2.75, 3.05) is 0 Å². The summed E-state index contributed by atoms with van der Waals surface area (Å²) >= 11 is 0. The summed E-state index contributed by atoms with van der Waals surface area (Å²) in [7, 11) is 0. The molecule has 0 radical (unpaired) electrons. The van der Waals surface area contributed by atoms with Crippen LogP contribution in [0.1, 0.15) is 15.9 Å². The Kier molecular flexibility index (Phi) is 6.72. The van der Waals surface area contributed by atoms with E-state index < -0.39 is 0 Å². The Morgan fingerprint density at radius 2 is 1.05 bits per heavy atom. The van der Waals surface area contributed by atoms with Crippen LogP contribution in [-0.2, 0) is 0 Å². The van der Waals surface area contributed by atoms with Gasteiger partial charge in [-0.25, -0.2) is 0 Å². The van der Waals surface area contributed by atoms with Gasteiger partial charge in [-0.1, -0.05) is 97.1 Å². The summed E-state index contributed by atoms with van der Waals surface area (Å²) in [4.78, 5) is 14.1. The number of rotatable bonds is 4. The molecular formula is C31H23N3O3. The van der Waals surface area contributed by atoms with Crippen molar-refractivity contribution in [2.24, 2.45) is 0 Å². The van der Waals surface area contributed by atoms with Gasteiger partial charge in [-0.3, -0.25) is 4.79 Å². The van der Waals surface area contributed by atoms with Crippen LogP contribution in [-0.4, -0.2) is 31.0 Å². The molecule has 2 N–H and O–H groups in total. The number of carbonyl (C=O) groups is 1. The molecule has 5 aromatic carbocycles. The maximum Gasteiger partial charge on any atom is 0.193 e. The number of benzene rings is 5. The van der Waals surface area contributed by atoms with Gasteiger partial charge in [0.25, 0.3) is 0 Å². The molecule has 0 saturated carbocycles. The lowest BCUT2D eigenvalue weighted by atomic mass is 9.93. The number of fused-ring (bicyclic) bond motifs is 1. The molecule has 6 rings (SSSR count). The molecular weight excluding hydrogens is 462 g/mol. The third-order valence-corrected chi connectivity index (χ3v) is 5.79. The number of ketones is 1. The second-order valence-electron chi connectivity index (χ2n) is 8.22. The number of carbonyl (C=O) groups excluding carboxylic acids is 1. The first kappa shape index (κ1) is 23.5. The van der Waals surface area contributed by atoms with Crippen molar-refractivity contribution in [3.05, 3.63) is 139 Å². The Hall–Kier alpha value is -5.23. The van der Waals surface area contributed by atoms with Gasteiger partial charge in [-0.05, 0) is 35.9 Å². The van der Waals surface area contributed by atoms with Gasteiger partial charge in [-0.2, -0.15) is 0 Å². The lowest BCUT2D eigenvalue weighted by Gasteiger charge is -2.10. The van der Waals surface area contributed by atoms with Gasteiger partial charge in [0, 0.05) is 16.7 Å². The molecule has 0 bridgehead atoms. The van der Waals surface area contributed by atoms with Crippen LogP contribution in [0, 0.1) is 0 Å². The summed E-state index contributed by atoms with van der Waals surface area (Å²) in [5.41, 5.74) is 4.84. The lowest BCUT2D eigenvalue weighted by Crippen LogP contribution is -2.03. The molecule has 1 heterocycles. The molecule has 0 aliphatic carbocycles. The van der Waals surface area contributed by atoms with Gasteiger partial charge in [0.1, 0.15) is 28.2 Å². The molecule has 180 valence electrons. The van der Waals surface area contributed by atoms with Crippen LogP contribution < -0.4 is 0 Å². The standard InChI is InChI=1S/C19H14O2.C12H9N3O/c20-18-13-7-6-11-16(18)15-10-4-5-12-17(15)19(21)14-8-2-1-3-9-14;16-12-8-4-3-7-11(12)15-13-9-5-1-2-6-10(9)14-15/h1-13,20H;1-8,16H. The van der Waals surface area contributed by atoms with E-state index >= 15 is 0 Å². The molecule has 0 aliphatic heterocycles. The molecule has 0 fully saturated rings. The molecule has 0 unspecified atom stereocenters.